The van der Waals surface area contributed by atoms with E-state index in [9.17, 15) is 9.18 Å². The quantitative estimate of drug-likeness (QED) is 0.437. The molecule has 178 valence electrons. The molecule has 0 spiro atoms. The minimum atomic E-state index is -0.255. The molecule has 2 aromatic heterocycles. The van der Waals surface area contributed by atoms with Crippen molar-refractivity contribution in [3.05, 3.63) is 66.6 Å². The number of amides is 1. The van der Waals surface area contributed by atoms with Crippen LogP contribution in [0.3, 0.4) is 0 Å². The number of hydrogen-bond donors (Lipinski definition) is 0. The molecule has 2 aromatic carbocycles. The number of carbonyl (C=O) groups excluding carboxylic acids is 1. The number of fused-ring (bicyclic) bond motifs is 1. The zero-order valence-electron chi connectivity index (χ0n) is 18.8. The number of halogens is 1. The van der Waals surface area contributed by atoms with Crippen LogP contribution in [0.1, 0.15) is 0 Å². The molecule has 0 N–H and O–H groups in total. The Kier molecular flexibility index (Phi) is 5.32. The predicted octanol–water partition coefficient (Wildman–Crippen LogP) is 3.42. The summed E-state index contributed by atoms with van der Waals surface area (Å²) in [5.74, 6) is 1.84. The third kappa shape index (κ3) is 4.18. The summed E-state index contributed by atoms with van der Waals surface area (Å²) in [6.07, 6.45) is 1.83. The minimum absolute atomic E-state index is 0.0108. The van der Waals surface area contributed by atoms with Crippen molar-refractivity contribution in [3.63, 3.8) is 0 Å². The van der Waals surface area contributed by atoms with Crippen LogP contribution >= 0.6 is 0 Å². The summed E-state index contributed by atoms with van der Waals surface area (Å²) in [5, 5.41) is 4.10. The van der Waals surface area contributed by atoms with E-state index in [2.05, 4.69) is 15.0 Å². The van der Waals surface area contributed by atoms with E-state index >= 15 is 0 Å². The number of aromatic nitrogens is 3. The average Bonchev–Trinajstić information content (AvgIpc) is 3.64. The summed E-state index contributed by atoms with van der Waals surface area (Å²) in [4.78, 5) is 21.5. The van der Waals surface area contributed by atoms with Crippen LogP contribution in [0.2, 0.25) is 0 Å². The molecule has 0 atom stereocenters. The molecule has 0 bridgehead atoms. The van der Waals surface area contributed by atoms with Gasteiger partial charge in [-0.3, -0.25) is 4.79 Å². The van der Waals surface area contributed by atoms with Crippen molar-refractivity contribution in [1.82, 2.24) is 19.6 Å². The zero-order valence-corrected chi connectivity index (χ0v) is 18.8. The average molecular weight is 475 g/mol. The van der Waals surface area contributed by atoms with Crippen molar-refractivity contribution < 1.29 is 23.2 Å². The predicted molar refractivity (Wildman–Crippen MR) is 124 cm³/mol. The first-order chi connectivity index (χ1) is 17.1. The van der Waals surface area contributed by atoms with Crippen LogP contribution in [0.4, 0.5) is 10.1 Å². The molecule has 0 aliphatic carbocycles. The van der Waals surface area contributed by atoms with E-state index < -0.39 is 0 Å². The maximum absolute atomic E-state index is 13.2. The molecule has 2 aliphatic rings. The fraction of sp³-hybridized carbons (Fsp3) is 0.240. The first kappa shape index (κ1) is 21.2. The first-order valence-corrected chi connectivity index (χ1v) is 11.3. The Balaban J connectivity index is 1.12. The minimum Gasteiger partial charge on any atom is -0.454 e. The van der Waals surface area contributed by atoms with Crippen molar-refractivity contribution in [2.45, 2.75) is 6.54 Å². The van der Waals surface area contributed by atoms with Crippen molar-refractivity contribution in [1.29, 1.82) is 0 Å². The van der Waals surface area contributed by atoms with Crippen LogP contribution in [0, 0.1) is 5.82 Å². The fourth-order valence-corrected chi connectivity index (χ4v) is 4.34. The van der Waals surface area contributed by atoms with E-state index in [1.165, 1.54) is 12.1 Å². The van der Waals surface area contributed by atoms with Crippen LogP contribution in [-0.2, 0) is 11.3 Å². The Hall–Kier alpha value is -4.34. The van der Waals surface area contributed by atoms with Gasteiger partial charge in [-0.05, 0) is 54.6 Å². The summed E-state index contributed by atoms with van der Waals surface area (Å²) in [6, 6.07) is 15.6. The van der Waals surface area contributed by atoms with E-state index in [0.717, 1.165) is 11.3 Å². The SMILES string of the molecule is O=C(Cn1cccc1-c1nc(-c2ccc3c(c2)OCO3)no1)N1CCN(c2ccc(F)cc2)CC1. The lowest BCUT2D eigenvalue weighted by Crippen LogP contribution is -2.49. The molecule has 0 saturated carbocycles. The second-order valence-corrected chi connectivity index (χ2v) is 8.36. The van der Waals surface area contributed by atoms with Gasteiger partial charge in [0.25, 0.3) is 5.89 Å². The lowest BCUT2D eigenvalue weighted by Gasteiger charge is -2.36. The molecule has 1 fully saturated rings. The second-order valence-electron chi connectivity index (χ2n) is 8.36. The number of piperazine rings is 1. The third-order valence-electron chi connectivity index (χ3n) is 6.24. The van der Waals surface area contributed by atoms with Crippen molar-refractivity contribution in [2.75, 3.05) is 37.9 Å². The molecule has 4 heterocycles. The van der Waals surface area contributed by atoms with Crippen LogP contribution in [0.25, 0.3) is 23.0 Å². The van der Waals surface area contributed by atoms with Crippen LogP contribution < -0.4 is 14.4 Å². The molecule has 0 radical (unpaired) electrons. The standard InChI is InChI=1S/C25H22FN5O4/c26-18-4-6-19(7-5-18)29-10-12-30(13-11-29)23(32)15-31-9-1-2-20(31)25-27-24(28-35-25)17-3-8-21-22(14-17)34-16-33-21/h1-9,14H,10-13,15-16H2. The Labute approximate surface area is 200 Å². The Morgan fingerprint density at radius 1 is 0.971 bits per heavy atom. The fourth-order valence-electron chi connectivity index (χ4n) is 4.34. The number of nitrogens with zero attached hydrogens (tertiary/aromatic N) is 5. The van der Waals surface area contributed by atoms with Gasteiger partial charge in [0.05, 0.1) is 0 Å². The van der Waals surface area contributed by atoms with Gasteiger partial charge in [0.2, 0.25) is 18.5 Å². The molecule has 1 amide bonds. The monoisotopic (exact) mass is 475 g/mol. The lowest BCUT2D eigenvalue weighted by molar-refractivity contribution is -0.132. The molecule has 2 aliphatic heterocycles. The molecule has 6 rings (SSSR count). The second kappa shape index (κ2) is 8.79. The topological polar surface area (TPSA) is 85.9 Å². The highest BCUT2D eigenvalue weighted by Gasteiger charge is 2.23. The number of rotatable bonds is 5. The normalized spacial score (nSPS) is 15.0. The van der Waals surface area contributed by atoms with Gasteiger partial charge in [-0.2, -0.15) is 4.98 Å². The maximum Gasteiger partial charge on any atom is 0.274 e. The molecule has 35 heavy (non-hydrogen) atoms. The van der Waals surface area contributed by atoms with Crippen molar-refractivity contribution >= 4 is 11.6 Å². The summed E-state index contributed by atoms with van der Waals surface area (Å²) >= 11 is 0. The highest BCUT2D eigenvalue weighted by atomic mass is 19.1. The Morgan fingerprint density at radius 2 is 1.77 bits per heavy atom. The molecule has 0 unspecified atom stereocenters. The van der Waals surface area contributed by atoms with Crippen LogP contribution in [-0.4, -0.2) is 58.5 Å². The Morgan fingerprint density at radius 3 is 2.60 bits per heavy atom. The molecule has 4 aromatic rings. The van der Waals surface area contributed by atoms with E-state index in [1.54, 1.807) is 12.1 Å². The number of anilines is 1. The third-order valence-corrected chi connectivity index (χ3v) is 6.24. The lowest BCUT2D eigenvalue weighted by atomic mass is 10.2. The highest BCUT2D eigenvalue weighted by Crippen LogP contribution is 2.35. The van der Waals surface area contributed by atoms with Crippen molar-refractivity contribution in [2.24, 2.45) is 0 Å². The molecular weight excluding hydrogens is 453 g/mol. The number of hydrogen-bond acceptors (Lipinski definition) is 7. The van der Waals surface area contributed by atoms with Gasteiger partial charge in [-0.1, -0.05) is 5.16 Å². The number of carbonyl (C=O) groups is 1. The van der Waals surface area contributed by atoms with Gasteiger partial charge in [0.15, 0.2) is 11.5 Å². The smallest absolute Gasteiger partial charge is 0.274 e. The molecule has 9 nitrogen and oxygen atoms in total. The van der Waals surface area contributed by atoms with Crippen LogP contribution in [0.5, 0.6) is 11.5 Å². The molecule has 10 heteroatoms. The summed E-state index contributed by atoms with van der Waals surface area (Å²) in [6.45, 7) is 2.94. The van der Waals surface area contributed by atoms with E-state index in [1.807, 2.05) is 46.0 Å². The van der Waals surface area contributed by atoms with Gasteiger partial charge < -0.3 is 28.4 Å². The van der Waals surface area contributed by atoms with Gasteiger partial charge in [0, 0.05) is 43.6 Å². The maximum atomic E-state index is 13.2. The van der Waals surface area contributed by atoms with Gasteiger partial charge in [0.1, 0.15) is 18.1 Å². The summed E-state index contributed by atoms with van der Waals surface area (Å²) in [5.41, 5.74) is 2.38. The van der Waals surface area contributed by atoms with Crippen LogP contribution in [0.15, 0.2) is 65.3 Å². The summed E-state index contributed by atoms with van der Waals surface area (Å²) in [7, 11) is 0. The molecule has 1 saturated heterocycles. The van der Waals surface area contributed by atoms with Gasteiger partial charge in [-0.25, -0.2) is 4.39 Å². The highest BCUT2D eigenvalue weighted by molar-refractivity contribution is 5.77. The van der Waals surface area contributed by atoms with E-state index in [0.29, 0.717) is 55.1 Å². The van der Waals surface area contributed by atoms with E-state index in [-0.39, 0.29) is 25.1 Å². The Bertz CT molecular complexity index is 1360. The van der Waals surface area contributed by atoms with Crippen molar-refractivity contribution in [3.8, 4) is 34.5 Å². The van der Waals surface area contributed by atoms with E-state index in [4.69, 9.17) is 14.0 Å². The van der Waals surface area contributed by atoms with Gasteiger partial charge in [-0.15, -0.1) is 0 Å². The number of ether oxygens (including phenoxy) is 2. The number of benzene rings is 2. The first-order valence-electron chi connectivity index (χ1n) is 11.3. The molecular formula is C25H22FN5O4. The summed E-state index contributed by atoms with van der Waals surface area (Å²) < 4.78 is 31.3. The largest absolute Gasteiger partial charge is 0.454 e. The zero-order chi connectivity index (χ0) is 23.8. The van der Waals surface area contributed by atoms with Gasteiger partial charge >= 0.3 is 0 Å².